The minimum Gasteiger partial charge on any atom is -0.450 e. The van der Waals surface area contributed by atoms with Crippen LogP contribution in [0, 0.1) is 5.92 Å². The smallest absolute Gasteiger partial charge is 0.409 e. The van der Waals surface area contributed by atoms with Crippen LogP contribution >= 0.6 is 0 Å². The minimum atomic E-state index is -0.153. The van der Waals surface area contributed by atoms with Crippen LogP contribution in [0.5, 0.6) is 0 Å². The molecular weight excluding hydrogens is 192 g/mol. The van der Waals surface area contributed by atoms with Crippen LogP contribution in [-0.2, 0) is 4.74 Å². The molecule has 1 aliphatic rings. The summed E-state index contributed by atoms with van der Waals surface area (Å²) in [6.07, 6.45) is 2.02. The summed E-state index contributed by atoms with van der Waals surface area (Å²) < 4.78 is 4.97. The summed E-state index contributed by atoms with van der Waals surface area (Å²) in [6.45, 7) is 8.22. The third-order valence-electron chi connectivity index (χ3n) is 2.82. The van der Waals surface area contributed by atoms with Gasteiger partial charge in [0.15, 0.2) is 0 Å². The SMILES string of the molecule is CCNCC1CCN(C(=O)OCC)CC1. The number of nitrogens with one attached hydrogen (secondary N) is 1. The number of carbonyl (C=O) groups excluding carboxylic acids is 1. The van der Waals surface area contributed by atoms with Crippen molar-refractivity contribution in [3.05, 3.63) is 0 Å². The van der Waals surface area contributed by atoms with Crippen molar-refractivity contribution < 1.29 is 9.53 Å². The van der Waals surface area contributed by atoms with E-state index in [2.05, 4.69) is 12.2 Å². The first-order chi connectivity index (χ1) is 7.27. The number of hydrogen-bond donors (Lipinski definition) is 1. The first kappa shape index (κ1) is 12.3. The molecule has 15 heavy (non-hydrogen) atoms. The van der Waals surface area contributed by atoms with E-state index in [1.165, 1.54) is 0 Å². The number of carbonyl (C=O) groups is 1. The Morgan fingerprint density at radius 3 is 2.60 bits per heavy atom. The van der Waals surface area contributed by atoms with Crippen molar-refractivity contribution in [2.24, 2.45) is 5.92 Å². The Morgan fingerprint density at radius 1 is 1.40 bits per heavy atom. The molecule has 1 fully saturated rings. The fourth-order valence-corrected chi connectivity index (χ4v) is 1.88. The van der Waals surface area contributed by atoms with Crippen LogP contribution in [-0.4, -0.2) is 43.8 Å². The molecule has 1 amide bonds. The second kappa shape index (κ2) is 6.67. The third-order valence-corrected chi connectivity index (χ3v) is 2.82. The number of piperidine rings is 1. The number of rotatable bonds is 4. The van der Waals surface area contributed by atoms with Gasteiger partial charge in [0.2, 0.25) is 0 Å². The quantitative estimate of drug-likeness (QED) is 0.770. The zero-order valence-corrected chi connectivity index (χ0v) is 9.79. The number of hydrogen-bond acceptors (Lipinski definition) is 3. The predicted octanol–water partition coefficient (Wildman–Crippen LogP) is 1.46. The highest BCUT2D eigenvalue weighted by Gasteiger charge is 2.22. The van der Waals surface area contributed by atoms with Crippen molar-refractivity contribution >= 4 is 6.09 Å². The third kappa shape index (κ3) is 4.08. The van der Waals surface area contributed by atoms with Gasteiger partial charge in [-0.25, -0.2) is 4.79 Å². The predicted molar refractivity (Wildman–Crippen MR) is 59.9 cm³/mol. The van der Waals surface area contributed by atoms with E-state index in [0.29, 0.717) is 6.61 Å². The lowest BCUT2D eigenvalue weighted by molar-refractivity contribution is 0.0917. The highest BCUT2D eigenvalue weighted by atomic mass is 16.6. The molecule has 0 radical (unpaired) electrons. The lowest BCUT2D eigenvalue weighted by Gasteiger charge is -2.31. The van der Waals surface area contributed by atoms with Crippen molar-refractivity contribution in [1.29, 1.82) is 0 Å². The summed E-state index contributed by atoms with van der Waals surface area (Å²) in [4.78, 5) is 13.2. The molecule has 1 aliphatic heterocycles. The molecule has 0 aromatic rings. The first-order valence-corrected chi connectivity index (χ1v) is 5.90. The van der Waals surface area contributed by atoms with E-state index in [4.69, 9.17) is 4.74 Å². The van der Waals surface area contributed by atoms with Crippen LogP contribution in [0.25, 0.3) is 0 Å². The molecule has 4 heteroatoms. The van der Waals surface area contributed by atoms with Crippen molar-refractivity contribution in [1.82, 2.24) is 10.2 Å². The molecule has 0 atom stereocenters. The Kier molecular flexibility index (Phi) is 5.47. The zero-order valence-electron chi connectivity index (χ0n) is 9.79. The molecule has 0 saturated carbocycles. The van der Waals surface area contributed by atoms with Crippen molar-refractivity contribution in [3.8, 4) is 0 Å². The van der Waals surface area contributed by atoms with Crippen molar-refractivity contribution in [3.63, 3.8) is 0 Å². The Balaban J connectivity index is 2.20. The van der Waals surface area contributed by atoms with Gasteiger partial charge in [-0.15, -0.1) is 0 Å². The molecule has 1 N–H and O–H groups in total. The van der Waals surface area contributed by atoms with Crippen LogP contribution in [0.15, 0.2) is 0 Å². The van der Waals surface area contributed by atoms with Gasteiger partial charge in [0, 0.05) is 13.1 Å². The average molecular weight is 214 g/mol. The molecule has 0 aliphatic carbocycles. The van der Waals surface area contributed by atoms with E-state index in [0.717, 1.165) is 44.9 Å². The van der Waals surface area contributed by atoms with Gasteiger partial charge in [0.25, 0.3) is 0 Å². The second-order valence-electron chi connectivity index (χ2n) is 3.94. The van der Waals surface area contributed by atoms with Crippen LogP contribution < -0.4 is 5.32 Å². The Morgan fingerprint density at radius 2 is 2.07 bits per heavy atom. The zero-order chi connectivity index (χ0) is 11.1. The van der Waals surface area contributed by atoms with E-state index in [1.54, 1.807) is 0 Å². The Hall–Kier alpha value is -0.770. The molecule has 0 spiro atoms. The maximum atomic E-state index is 11.4. The van der Waals surface area contributed by atoms with Gasteiger partial charge in [-0.05, 0) is 38.8 Å². The van der Waals surface area contributed by atoms with E-state index in [-0.39, 0.29) is 6.09 Å². The maximum Gasteiger partial charge on any atom is 0.409 e. The highest BCUT2D eigenvalue weighted by Crippen LogP contribution is 2.16. The fraction of sp³-hybridized carbons (Fsp3) is 0.909. The van der Waals surface area contributed by atoms with Gasteiger partial charge >= 0.3 is 6.09 Å². The number of nitrogens with zero attached hydrogens (tertiary/aromatic N) is 1. The van der Waals surface area contributed by atoms with Crippen LogP contribution in [0.1, 0.15) is 26.7 Å². The number of likely N-dealkylation sites (tertiary alicyclic amines) is 1. The molecule has 4 nitrogen and oxygen atoms in total. The van der Waals surface area contributed by atoms with Crippen LogP contribution in [0.3, 0.4) is 0 Å². The van der Waals surface area contributed by atoms with Crippen LogP contribution in [0.2, 0.25) is 0 Å². The number of ether oxygens (including phenoxy) is 1. The van der Waals surface area contributed by atoms with Gasteiger partial charge in [-0.3, -0.25) is 0 Å². The highest BCUT2D eigenvalue weighted by molar-refractivity contribution is 5.67. The van der Waals surface area contributed by atoms with Gasteiger partial charge in [-0.2, -0.15) is 0 Å². The van der Waals surface area contributed by atoms with E-state index >= 15 is 0 Å². The lowest BCUT2D eigenvalue weighted by atomic mass is 9.97. The van der Waals surface area contributed by atoms with E-state index < -0.39 is 0 Å². The molecule has 88 valence electrons. The molecule has 1 rings (SSSR count). The molecule has 0 unspecified atom stereocenters. The second-order valence-corrected chi connectivity index (χ2v) is 3.94. The average Bonchev–Trinajstić information content (AvgIpc) is 2.27. The molecule has 0 aromatic carbocycles. The van der Waals surface area contributed by atoms with E-state index in [9.17, 15) is 4.79 Å². The monoisotopic (exact) mass is 214 g/mol. The van der Waals surface area contributed by atoms with E-state index in [1.807, 2.05) is 11.8 Å². The molecular formula is C11H22N2O2. The molecule has 1 saturated heterocycles. The summed E-state index contributed by atoms with van der Waals surface area (Å²) >= 11 is 0. The Bertz CT molecular complexity index is 189. The lowest BCUT2D eigenvalue weighted by Crippen LogP contribution is -2.41. The number of amides is 1. The summed E-state index contributed by atoms with van der Waals surface area (Å²) in [7, 11) is 0. The summed E-state index contributed by atoms with van der Waals surface area (Å²) in [6, 6.07) is 0. The molecule has 1 heterocycles. The largest absolute Gasteiger partial charge is 0.450 e. The maximum absolute atomic E-state index is 11.4. The standard InChI is InChI=1S/C11H22N2O2/c1-3-12-9-10-5-7-13(8-6-10)11(14)15-4-2/h10,12H,3-9H2,1-2H3. The van der Waals surface area contributed by atoms with Gasteiger partial charge < -0.3 is 15.0 Å². The van der Waals surface area contributed by atoms with Crippen molar-refractivity contribution in [2.75, 3.05) is 32.8 Å². The fourth-order valence-electron chi connectivity index (χ4n) is 1.88. The Labute approximate surface area is 92.0 Å². The van der Waals surface area contributed by atoms with Crippen molar-refractivity contribution in [2.45, 2.75) is 26.7 Å². The summed E-state index contributed by atoms with van der Waals surface area (Å²) in [5, 5.41) is 3.35. The molecule has 0 bridgehead atoms. The van der Waals surface area contributed by atoms with Gasteiger partial charge in [0.1, 0.15) is 0 Å². The summed E-state index contributed by atoms with van der Waals surface area (Å²) in [5.41, 5.74) is 0. The topological polar surface area (TPSA) is 41.6 Å². The molecule has 0 aromatic heterocycles. The normalized spacial score (nSPS) is 17.9. The van der Waals surface area contributed by atoms with Crippen LogP contribution in [0.4, 0.5) is 4.79 Å². The summed E-state index contributed by atoms with van der Waals surface area (Å²) in [5.74, 6) is 0.718. The van der Waals surface area contributed by atoms with Gasteiger partial charge in [-0.1, -0.05) is 6.92 Å². The first-order valence-electron chi connectivity index (χ1n) is 5.90. The van der Waals surface area contributed by atoms with Gasteiger partial charge in [0.05, 0.1) is 6.61 Å². The minimum absolute atomic E-state index is 0.153.